The van der Waals surface area contributed by atoms with Gasteiger partial charge in [-0.1, -0.05) is 42.5 Å². The zero-order chi connectivity index (χ0) is 22.3. The molecule has 0 unspecified atom stereocenters. The Bertz CT molecular complexity index is 1230. The highest BCUT2D eigenvalue weighted by Gasteiger charge is 2.12. The number of fused-ring (bicyclic) bond motifs is 1. The van der Waals surface area contributed by atoms with Crippen molar-refractivity contribution in [3.05, 3.63) is 94.5 Å². The summed E-state index contributed by atoms with van der Waals surface area (Å²) in [5.41, 5.74) is 2.87. The number of ether oxygens (including phenoxy) is 3. The highest BCUT2D eigenvalue weighted by atomic mass is 79.9. The van der Waals surface area contributed by atoms with Gasteiger partial charge in [-0.2, -0.15) is 0 Å². The second-order valence-electron chi connectivity index (χ2n) is 7.15. The lowest BCUT2D eigenvalue weighted by Gasteiger charge is -2.14. The standard InChI is InChI=1S/C27H24BrNO3/c1-3-31-23-13-11-22(12-14-23)29-17-19-15-25(28)27(26(16-19)30-2)32-18-21-9-6-8-20-7-4-5-10-24(20)21/h4-17H,3,18H2,1-2H3. The van der Waals surface area contributed by atoms with Crippen molar-refractivity contribution in [3.63, 3.8) is 0 Å². The molecule has 0 aliphatic heterocycles. The van der Waals surface area contributed by atoms with Gasteiger partial charge in [-0.25, -0.2) is 0 Å². The molecule has 32 heavy (non-hydrogen) atoms. The van der Waals surface area contributed by atoms with E-state index < -0.39 is 0 Å². The Kier molecular flexibility index (Phi) is 7.07. The average Bonchev–Trinajstić information content (AvgIpc) is 2.83. The molecule has 0 aliphatic carbocycles. The number of benzene rings is 4. The maximum absolute atomic E-state index is 6.18. The summed E-state index contributed by atoms with van der Waals surface area (Å²) in [6.07, 6.45) is 1.80. The Balaban J connectivity index is 1.53. The van der Waals surface area contributed by atoms with Crippen LogP contribution in [0.25, 0.3) is 10.8 Å². The zero-order valence-corrected chi connectivity index (χ0v) is 19.6. The molecule has 0 aliphatic rings. The van der Waals surface area contributed by atoms with Crippen molar-refractivity contribution in [2.45, 2.75) is 13.5 Å². The number of hydrogen-bond donors (Lipinski definition) is 0. The maximum atomic E-state index is 6.18. The molecule has 0 saturated heterocycles. The molecular weight excluding hydrogens is 466 g/mol. The van der Waals surface area contributed by atoms with E-state index in [1.54, 1.807) is 13.3 Å². The number of halogens is 1. The molecule has 0 fully saturated rings. The number of nitrogens with zero attached hydrogens (tertiary/aromatic N) is 1. The van der Waals surface area contributed by atoms with Gasteiger partial charge >= 0.3 is 0 Å². The fourth-order valence-electron chi connectivity index (χ4n) is 3.47. The summed E-state index contributed by atoms with van der Waals surface area (Å²) < 4.78 is 18.1. The molecule has 0 saturated carbocycles. The predicted molar refractivity (Wildman–Crippen MR) is 134 cm³/mol. The molecule has 4 rings (SSSR count). The molecule has 0 heterocycles. The number of methoxy groups -OCH3 is 1. The molecule has 4 aromatic rings. The first kappa shape index (κ1) is 21.9. The van der Waals surface area contributed by atoms with E-state index in [0.717, 1.165) is 27.0 Å². The predicted octanol–water partition coefficient (Wildman–Crippen LogP) is 7.34. The van der Waals surface area contributed by atoms with Crippen LogP contribution in [0, 0.1) is 0 Å². The van der Waals surface area contributed by atoms with Crippen LogP contribution in [-0.4, -0.2) is 19.9 Å². The highest BCUT2D eigenvalue weighted by molar-refractivity contribution is 9.10. The van der Waals surface area contributed by atoms with Crippen LogP contribution in [0.3, 0.4) is 0 Å². The van der Waals surface area contributed by atoms with E-state index in [0.29, 0.717) is 24.7 Å². The molecule has 0 radical (unpaired) electrons. The molecule has 0 N–H and O–H groups in total. The van der Waals surface area contributed by atoms with Crippen LogP contribution in [0.4, 0.5) is 5.69 Å². The third kappa shape index (κ3) is 5.11. The number of rotatable bonds is 8. The quantitative estimate of drug-likeness (QED) is 0.243. The van der Waals surface area contributed by atoms with Crippen LogP contribution in [-0.2, 0) is 6.61 Å². The van der Waals surface area contributed by atoms with Crippen LogP contribution in [0.1, 0.15) is 18.1 Å². The summed E-state index contributed by atoms with van der Waals surface area (Å²) in [5, 5.41) is 2.38. The van der Waals surface area contributed by atoms with E-state index in [1.165, 1.54) is 10.8 Å². The fourth-order valence-corrected chi connectivity index (χ4v) is 4.04. The van der Waals surface area contributed by atoms with Gasteiger partial charge in [0.1, 0.15) is 12.4 Å². The van der Waals surface area contributed by atoms with Gasteiger partial charge in [0, 0.05) is 6.21 Å². The summed E-state index contributed by atoms with van der Waals surface area (Å²) >= 11 is 3.63. The number of aliphatic imine (C=N–C) groups is 1. The minimum absolute atomic E-state index is 0.440. The van der Waals surface area contributed by atoms with Crippen LogP contribution in [0.2, 0.25) is 0 Å². The van der Waals surface area contributed by atoms with E-state index >= 15 is 0 Å². The van der Waals surface area contributed by atoms with Gasteiger partial charge in [-0.05, 0) is 81.2 Å². The van der Waals surface area contributed by atoms with Gasteiger partial charge < -0.3 is 14.2 Å². The van der Waals surface area contributed by atoms with Crippen LogP contribution in [0.15, 0.2) is 88.3 Å². The lowest BCUT2D eigenvalue weighted by Crippen LogP contribution is -2.00. The van der Waals surface area contributed by atoms with E-state index in [2.05, 4.69) is 45.2 Å². The smallest absolute Gasteiger partial charge is 0.175 e. The SMILES string of the molecule is CCOc1ccc(N=Cc2cc(Br)c(OCc3cccc4ccccc34)c(OC)c2)cc1. The lowest BCUT2D eigenvalue weighted by molar-refractivity contribution is 0.283. The Morgan fingerprint density at radius 1 is 0.906 bits per heavy atom. The van der Waals surface area contributed by atoms with Gasteiger partial charge in [0.2, 0.25) is 0 Å². The summed E-state index contributed by atoms with van der Waals surface area (Å²) in [6.45, 7) is 3.05. The Morgan fingerprint density at radius 2 is 1.69 bits per heavy atom. The summed E-state index contributed by atoms with van der Waals surface area (Å²) in [7, 11) is 1.64. The first-order valence-corrected chi connectivity index (χ1v) is 11.2. The molecule has 0 bridgehead atoms. The summed E-state index contributed by atoms with van der Waals surface area (Å²) in [4.78, 5) is 4.55. The van der Waals surface area contributed by atoms with Crippen molar-refractivity contribution in [3.8, 4) is 17.2 Å². The highest BCUT2D eigenvalue weighted by Crippen LogP contribution is 2.37. The Labute approximate surface area is 196 Å². The van der Waals surface area contributed by atoms with Gasteiger partial charge in [0.25, 0.3) is 0 Å². The molecule has 0 atom stereocenters. The third-order valence-electron chi connectivity index (χ3n) is 5.01. The zero-order valence-electron chi connectivity index (χ0n) is 18.0. The number of hydrogen-bond acceptors (Lipinski definition) is 4. The van der Waals surface area contributed by atoms with Crippen molar-refractivity contribution in [1.29, 1.82) is 0 Å². The molecule has 4 nitrogen and oxygen atoms in total. The first-order valence-electron chi connectivity index (χ1n) is 10.4. The van der Waals surface area contributed by atoms with E-state index in [9.17, 15) is 0 Å². The normalized spacial score (nSPS) is 11.1. The van der Waals surface area contributed by atoms with Crippen molar-refractivity contribution in [2.24, 2.45) is 4.99 Å². The van der Waals surface area contributed by atoms with Crippen LogP contribution >= 0.6 is 15.9 Å². The van der Waals surface area contributed by atoms with Gasteiger partial charge in [-0.3, -0.25) is 4.99 Å². The maximum Gasteiger partial charge on any atom is 0.175 e. The summed E-state index contributed by atoms with van der Waals surface area (Å²) in [5.74, 6) is 2.15. The third-order valence-corrected chi connectivity index (χ3v) is 5.60. The van der Waals surface area contributed by atoms with E-state index in [4.69, 9.17) is 14.2 Å². The van der Waals surface area contributed by atoms with Crippen LogP contribution < -0.4 is 14.2 Å². The monoisotopic (exact) mass is 489 g/mol. The average molecular weight is 490 g/mol. The molecule has 0 amide bonds. The van der Waals surface area contributed by atoms with Gasteiger partial charge in [0.15, 0.2) is 11.5 Å². The largest absolute Gasteiger partial charge is 0.494 e. The van der Waals surface area contributed by atoms with E-state index in [-0.39, 0.29) is 0 Å². The first-order chi connectivity index (χ1) is 15.7. The lowest BCUT2D eigenvalue weighted by atomic mass is 10.1. The topological polar surface area (TPSA) is 40.0 Å². The van der Waals surface area contributed by atoms with Gasteiger partial charge in [-0.15, -0.1) is 0 Å². The minimum Gasteiger partial charge on any atom is -0.494 e. The summed E-state index contributed by atoms with van der Waals surface area (Å²) in [6, 6.07) is 26.1. The second kappa shape index (κ2) is 10.3. The minimum atomic E-state index is 0.440. The van der Waals surface area contributed by atoms with Crippen molar-refractivity contribution >= 4 is 38.6 Å². The molecule has 5 heteroatoms. The van der Waals surface area contributed by atoms with E-state index in [1.807, 2.05) is 61.5 Å². The molecule has 0 aromatic heterocycles. The molecule has 0 spiro atoms. The molecule has 162 valence electrons. The van der Waals surface area contributed by atoms with Crippen molar-refractivity contribution < 1.29 is 14.2 Å². The van der Waals surface area contributed by atoms with Gasteiger partial charge in [0.05, 0.1) is 23.9 Å². The molecule has 4 aromatic carbocycles. The second-order valence-corrected chi connectivity index (χ2v) is 8.00. The van der Waals surface area contributed by atoms with Crippen molar-refractivity contribution in [1.82, 2.24) is 0 Å². The fraction of sp³-hybridized carbons (Fsp3) is 0.148. The Hall–Kier alpha value is -3.31. The van der Waals surface area contributed by atoms with Crippen molar-refractivity contribution in [2.75, 3.05) is 13.7 Å². The van der Waals surface area contributed by atoms with Crippen LogP contribution in [0.5, 0.6) is 17.2 Å². The molecular formula is C27H24BrNO3. The Morgan fingerprint density at radius 3 is 2.47 bits per heavy atom.